The second-order valence-electron chi connectivity index (χ2n) is 4.21. The van der Waals surface area contributed by atoms with Gasteiger partial charge in [0.1, 0.15) is 5.82 Å². The van der Waals surface area contributed by atoms with Gasteiger partial charge in [-0.3, -0.25) is 4.79 Å². The zero-order valence-electron chi connectivity index (χ0n) is 10.8. The third-order valence-corrected chi connectivity index (χ3v) is 3.73. The van der Waals surface area contributed by atoms with Crippen molar-refractivity contribution in [2.24, 2.45) is 0 Å². The lowest BCUT2D eigenvalue weighted by atomic mass is 10.2. The van der Waals surface area contributed by atoms with Gasteiger partial charge in [-0.05, 0) is 30.3 Å². The van der Waals surface area contributed by atoms with Gasteiger partial charge in [-0.15, -0.1) is 0 Å². The monoisotopic (exact) mass is 312 g/mol. The summed E-state index contributed by atoms with van der Waals surface area (Å²) in [6, 6.07) is 5.48. The average molecular weight is 312 g/mol. The first-order chi connectivity index (χ1) is 9.79. The molecule has 5 nitrogen and oxygen atoms in total. The van der Waals surface area contributed by atoms with E-state index in [4.69, 9.17) is 0 Å². The van der Waals surface area contributed by atoms with Gasteiger partial charge in [-0.1, -0.05) is 0 Å². The number of nitrogens with one attached hydrogen (secondary N) is 1. The van der Waals surface area contributed by atoms with Crippen LogP contribution in [0.5, 0.6) is 0 Å². The molecule has 1 aromatic carbocycles. The Morgan fingerprint density at radius 3 is 2.57 bits per heavy atom. The molecule has 0 radical (unpaired) electrons. The minimum Gasteiger partial charge on any atom is -0.319 e. The summed E-state index contributed by atoms with van der Waals surface area (Å²) in [5, 5.41) is 2.12. The van der Waals surface area contributed by atoms with E-state index in [1.807, 2.05) is 0 Å². The highest BCUT2D eigenvalue weighted by molar-refractivity contribution is 7.90. The van der Waals surface area contributed by atoms with Crippen molar-refractivity contribution in [3.63, 3.8) is 0 Å². The van der Waals surface area contributed by atoms with Crippen molar-refractivity contribution in [2.75, 3.05) is 11.6 Å². The Morgan fingerprint density at radius 2 is 1.95 bits per heavy atom. The molecule has 0 saturated carbocycles. The fraction of sp³-hybridized carbons (Fsp3) is 0.0769. The number of amides is 1. The molecule has 2 rings (SSSR count). The van der Waals surface area contributed by atoms with Crippen molar-refractivity contribution in [1.29, 1.82) is 0 Å². The highest BCUT2D eigenvalue weighted by Crippen LogP contribution is 2.20. The van der Waals surface area contributed by atoms with Gasteiger partial charge in [-0.25, -0.2) is 17.8 Å². The summed E-state index contributed by atoms with van der Waals surface area (Å²) in [5.74, 6) is -2.76. The van der Waals surface area contributed by atoms with Crippen molar-refractivity contribution in [1.82, 2.24) is 4.98 Å². The second kappa shape index (κ2) is 5.57. The Balaban J connectivity index is 2.36. The van der Waals surface area contributed by atoms with Crippen LogP contribution < -0.4 is 5.32 Å². The third-order valence-electron chi connectivity index (χ3n) is 2.62. The number of carbonyl (C=O) groups is 1. The van der Waals surface area contributed by atoms with Crippen LogP contribution in [0.25, 0.3) is 0 Å². The van der Waals surface area contributed by atoms with Crippen molar-refractivity contribution >= 4 is 21.4 Å². The van der Waals surface area contributed by atoms with Gasteiger partial charge in [0.2, 0.25) is 5.95 Å². The van der Waals surface area contributed by atoms with Crippen LogP contribution in [0.1, 0.15) is 10.4 Å². The molecule has 0 spiro atoms. The molecule has 0 aliphatic rings. The molecule has 1 aromatic heterocycles. The molecule has 8 heteroatoms. The van der Waals surface area contributed by atoms with E-state index < -0.39 is 27.5 Å². The maximum absolute atomic E-state index is 13.6. The number of aromatic nitrogens is 1. The molecule has 2 aromatic rings. The predicted octanol–water partition coefficient (Wildman–Crippen LogP) is 2.02. The first kappa shape index (κ1) is 15.0. The van der Waals surface area contributed by atoms with E-state index in [2.05, 4.69) is 10.3 Å². The Kier molecular flexibility index (Phi) is 3.99. The Morgan fingerprint density at radius 1 is 1.24 bits per heavy atom. The summed E-state index contributed by atoms with van der Waals surface area (Å²) in [7, 11) is -3.56. The topological polar surface area (TPSA) is 76.1 Å². The molecule has 0 aliphatic carbocycles. The summed E-state index contributed by atoms with van der Waals surface area (Å²) in [4.78, 5) is 15.0. The summed E-state index contributed by atoms with van der Waals surface area (Å²) in [6.07, 6.45) is 2.11. The summed E-state index contributed by atoms with van der Waals surface area (Å²) < 4.78 is 49.8. The molecule has 0 atom stereocenters. The number of hydrogen-bond donors (Lipinski definition) is 1. The number of anilines is 1. The molecule has 0 unspecified atom stereocenters. The molecule has 110 valence electrons. The summed E-state index contributed by atoms with van der Waals surface area (Å²) in [6.45, 7) is 0. The number of rotatable bonds is 3. The third kappa shape index (κ3) is 3.40. The number of benzene rings is 1. The van der Waals surface area contributed by atoms with E-state index >= 15 is 0 Å². The second-order valence-corrected chi connectivity index (χ2v) is 6.23. The van der Waals surface area contributed by atoms with E-state index in [0.717, 1.165) is 30.7 Å². The van der Waals surface area contributed by atoms with Crippen LogP contribution in [-0.4, -0.2) is 25.6 Å². The van der Waals surface area contributed by atoms with Crippen molar-refractivity contribution < 1.29 is 22.0 Å². The van der Waals surface area contributed by atoms with Gasteiger partial charge < -0.3 is 5.32 Å². The average Bonchev–Trinajstić information content (AvgIpc) is 2.40. The molecule has 21 heavy (non-hydrogen) atoms. The SMILES string of the molecule is CS(=O)(=O)c1ccc(F)c(NC(=O)c2cccnc2F)c1. The van der Waals surface area contributed by atoms with Crippen molar-refractivity contribution in [3.8, 4) is 0 Å². The lowest BCUT2D eigenvalue weighted by molar-refractivity contribution is 0.102. The van der Waals surface area contributed by atoms with Gasteiger partial charge in [0.05, 0.1) is 16.1 Å². The van der Waals surface area contributed by atoms with E-state index in [1.165, 1.54) is 12.1 Å². The highest BCUT2D eigenvalue weighted by atomic mass is 32.2. The maximum Gasteiger partial charge on any atom is 0.260 e. The minimum atomic E-state index is -3.56. The lowest BCUT2D eigenvalue weighted by Gasteiger charge is -2.08. The highest BCUT2D eigenvalue weighted by Gasteiger charge is 2.16. The maximum atomic E-state index is 13.6. The molecule has 0 saturated heterocycles. The van der Waals surface area contributed by atoms with E-state index in [0.29, 0.717) is 0 Å². The van der Waals surface area contributed by atoms with Gasteiger partial charge in [0.25, 0.3) is 5.91 Å². The molecule has 1 amide bonds. The predicted molar refractivity (Wildman–Crippen MR) is 71.7 cm³/mol. The normalized spacial score (nSPS) is 11.2. The molecule has 0 aliphatic heterocycles. The van der Waals surface area contributed by atoms with E-state index in [-0.39, 0.29) is 16.1 Å². The standard InChI is InChI=1S/C13H10F2N2O3S/c1-21(19,20)8-4-5-10(14)11(7-8)17-13(18)9-3-2-6-16-12(9)15/h2-7H,1H3,(H,17,18). The fourth-order valence-corrected chi connectivity index (χ4v) is 2.22. The van der Waals surface area contributed by atoms with Crippen LogP contribution in [0.4, 0.5) is 14.5 Å². The Bertz CT molecular complexity index is 807. The number of sulfone groups is 1. The quantitative estimate of drug-likeness (QED) is 0.695. The minimum absolute atomic E-state index is 0.161. The number of hydrogen-bond acceptors (Lipinski definition) is 4. The van der Waals surface area contributed by atoms with Crippen molar-refractivity contribution in [3.05, 3.63) is 53.9 Å². The number of pyridine rings is 1. The van der Waals surface area contributed by atoms with Crippen LogP contribution in [0.2, 0.25) is 0 Å². The number of halogens is 2. The van der Waals surface area contributed by atoms with E-state index in [1.54, 1.807) is 0 Å². The lowest BCUT2D eigenvalue weighted by Crippen LogP contribution is -2.15. The molecule has 0 bridgehead atoms. The molecule has 1 heterocycles. The Labute approximate surface area is 119 Å². The molecular formula is C13H10F2N2O3S. The van der Waals surface area contributed by atoms with Crippen LogP contribution >= 0.6 is 0 Å². The van der Waals surface area contributed by atoms with E-state index in [9.17, 15) is 22.0 Å². The number of nitrogens with zero attached hydrogens (tertiary/aromatic N) is 1. The van der Waals surface area contributed by atoms with Crippen LogP contribution in [0.15, 0.2) is 41.4 Å². The number of carbonyl (C=O) groups excluding carboxylic acids is 1. The Hall–Kier alpha value is -2.35. The first-order valence-corrected chi connectivity index (χ1v) is 7.59. The molecule has 1 N–H and O–H groups in total. The fourth-order valence-electron chi connectivity index (χ4n) is 1.58. The molecular weight excluding hydrogens is 302 g/mol. The summed E-state index contributed by atoms with van der Waals surface area (Å²) >= 11 is 0. The largest absolute Gasteiger partial charge is 0.319 e. The smallest absolute Gasteiger partial charge is 0.260 e. The zero-order valence-corrected chi connectivity index (χ0v) is 11.6. The molecule has 0 fully saturated rings. The van der Waals surface area contributed by atoms with Crippen LogP contribution in [-0.2, 0) is 9.84 Å². The van der Waals surface area contributed by atoms with Gasteiger partial charge >= 0.3 is 0 Å². The zero-order chi connectivity index (χ0) is 15.6. The van der Waals surface area contributed by atoms with Gasteiger partial charge in [-0.2, -0.15) is 4.39 Å². The van der Waals surface area contributed by atoms with Crippen LogP contribution in [0.3, 0.4) is 0 Å². The van der Waals surface area contributed by atoms with Gasteiger partial charge in [0.15, 0.2) is 9.84 Å². The van der Waals surface area contributed by atoms with Crippen LogP contribution in [0, 0.1) is 11.8 Å². The summed E-state index contributed by atoms with van der Waals surface area (Å²) in [5.41, 5.74) is -0.729. The van der Waals surface area contributed by atoms with Gasteiger partial charge in [0, 0.05) is 12.5 Å². The first-order valence-electron chi connectivity index (χ1n) is 5.70. The van der Waals surface area contributed by atoms with Crippen molar-refractivity contribution in [2.45, 2.75) is 4.90 Å².